The number of rotatable bonds is 3. The molecule has 1 atom stereocenters. The molecule has 1 fully saturated rings. The highest BCUT2D eigenvalue weighted by Gasteiger charge is 2.17. The van der Waals surface area contributed by atoms with E-state index < -0.39 is 0 Å². The Morgan fingerprint density at radius 3 is 3.17 bits per heavy atom. The molecule has 18 heavy (non-hydrogen) atoms. The first-order valence-electron chi connectivity index (χ1n) is 5.72. The molecule has 1 aliphatic heterocycles. The SMILES string of the molecule is O=C(CC1CNCCO1)Nc1cc(Br)ccc1Cl. The first-order valence-corrected chi connectivity index (χ1v) is 6.89. The Kier molecular flexibility index (Phi) is 5.00. The van der Waals surface area contributed by atoms with E-state index in [1.54, 1.807) is 12.1 Å². The van der Waals surface area contributed by atoms with Crippen molar-refractivity contribution in [1.82, 2.24) is 5.32 Å². The second-order valence-corrected chi connectivity index (χ2v) is 5.40. The van der Waals surface area contributed by atoms with Gasteiger partial charge in [0.05, 0.1) is 29.8 Å². The lowest BCUT2D eigenvalue weighted by molar-refractivity contribution is -0.119. The number of anilines is 1. The number of nitrogens with one attached hydrogen (secondary N) is 2. The molecule has 0 spiro atoms. The number of benzene rings is 1. The van der Waals surface area contributed by atoms with Gasteiger partial charge in [0.2, 0.25) is 5.91 Å². The average molecular weight is 334 g/mol. The van der Waals surface area contributed by atoms with E-state index >= 15 is 0 Å². The van der Waals surface area contributed by atoms with E-state index in [1.165, 1.54) is 0 Å². The Morgan fingerprint density at radius 2 is 2.44 bits per heavy atom. The number of carbonyl (C=O) groups excluding carboxylic acids is 1. The molecule has 1 aliphatic rings. The molecular formula is C12H14BrClN2O2. The van der Waals surface area contributed by atoms with Gasteiger partial charge in [0.25, 0.3) is 0 Å². The molecule has 1 unspecified atom stereocenters. The van der Waals surface area contributed by atoms with Crippen LogP contribution in [0.2, 0.25) is 5.02 Å². The number of amides is 1. The summed E-state index contributed by atoms with van der Waals surface area (Å²) in [5, 5.41) is 6.50. The molecule has 1 aromatic rings. The Hall–Kier alpha value is -0.620. The van der Waals surface area contributed by atoms with Gasteiger partial charge in [-0.05, 0) is 18.2 Å². The number of carbonyl (C=O) groups is 1. The molecule has 1 heterocycles. The Bertz CT molecular complexity index is 436. The lowest BCUT2D eigenvalue weighted by atomic mass is 10.2. The fourth-order valence-electron chi connectivity index (χ4n) is 1.75. The van der Waals surface area contributed by atoms with Crippen molar-refractivity contribution < 1.29 is 9.53 Å². The third kappa shape index (κ3) is 3.95. The van der Waals surface area contributed by atoms with E-state index in [4.69, 9.17) is 16.3 Å². The topological polar surface area (TPSA) is 50.4 Å². The van der Waals surface area contributed by atoms with Gasteiger partial charge < -0.3 is 15.4 Å². The highest BCUT2D eigenvalue weighted by molar-refractivity contribution is 9.10. The summed E-state index contributed by atoms with van der Waals surface area (Å²) in [5.41, 5.74) is 0.611. The maximum Gasteiger partial charge on any atom is 0.227 e. The van der Waals surface area contributed by atoms with Gasteiger partial charge in [0, 0.05) is 17.6 Å². The fourth-order valence-corrected chi connectivity index (χ4v) is 2.28. The van der Waals surface area contributed by atoms with Gasteiger partial charge in [0.1, 0.15) is 0 Å². The number of hydrogen-bond acceptors (Lipinski definition) is 3. The zero-order valence-corrected chi connectivity index (χ0v) is 12.1. The minimum atomic E-state index is -0.0938. The lowest BCUT2D eigenvalue weighted by Gasteiger charge is -2.23. The molecule has 1 saturated heterocycles. The van der Waals surface area contributed by atoms with E-state index in [0.717, 1.165) is 11.0 Å². The molecule has 1 aromatic carbocycles. The first kappa shape index (κ1) is 13.8. The van der Waals surface area contributed by atoms with Crippen LogP contribution in [0.15, 0.2) is 22.7 Å². The van der Waals surface area contributed by atoms with Gasteiger partial charge in [-0.2, -0.15) is 0 Å². The monoisotopic (exact) mass is 332 g/mol. The molecule has 98 valence electrons. The Labute approximate surface area is 119 Å². The number of ether oxygens (including phenoxy) is 1. The third-order valence-corrected chi connectivity index (χ3v) is 3.44. The van der Waals surface area contributed by atoms with Crippen molar-refractivity contribution in [1.29, 1.82) is 0 Å². The van der Waals surface area contributed by atoms with Crippen molar-refractivity contribution in [2.24, 2.45) is 0 Å². The Balaban J connectivity index is 1.92. The van der Waals surface area contributed by atoms with Crippen LogP contribution in [-0.4, -0.2) is 31.7 Å². The Morgan fingerprint density at radius 1 is 1.61 bits per heavy atom. The summed E-state index contributed by atoms with van der Waals surface area (Å²) in [7, 11) is 0. The van der Waals surface area contributed by atoms with Crippen molar-refractivity contribution in [2.75, 3.05) is 25.0 Å². The highest BCUT2D eigenvalue weighted by atomic mass is 79.9. The quantitative estimate of drug-likeness (QED) is 0.893. The summed E-state index contributed by atoms with van der Waals surface area (Å²) in [4.78, 5) is 11.9. The molecule has 0 bridgehead atoms. The van der Waals surface area contributed by atoms with Crippen LogP contribution >= 0.6 is 27.5 Å². The van der Waals surface area contributed by atoms with E-state index in [-0.39, 0.29) is 12.0 Å². The molecule has 2 N–H and O–H groups in total. The summed E-state index contributed by atoms with van der Waals surface area (Å²) < 4.78 is 6.35. The molecule has 6 heteroatoms. The molecule has 2 rings (SSSR count). The summed E-state index contributed by atoms with van der Waals surface area (Å²) in [6.07, 6.45) is 0.264. The van der Waals surface area contributed by atoms with Gasteiger partial charge in [-0.25, -0.2) is 0 Å². The molecule has 0 saturated carbocycles. The fraction of sp³-hybridized carbons (Fsp3) is 0.417. The van der Waals surface area contributed by atoms with E-state index in [9.17, 15) is 4.79 Å². The molecule has 1 amide bonds. The van der Waals surface area contributed by atoms with Crippen molar-refractivity contribution in [3.8, 4) is 0 Å². The van der Waals surface area contributed by atoms with Crippen LogP contribution in [0.1, 0.15) is 6.42 Å². The first-order chi connectivity index (χ1) is 8.65. The van der Waals surface area contributed by atoms with Gasteiger partial charge in [-0.1, -0.05) is 27.5 Å². The summed E-state index contributed by atoms with van der Waals surface area (Å²) in [6.45, 7) is 2.20. The predicted octanol–water partition coefficient (Wildman–Crippen LogP) is 2.42. The maximum absolute atomic E-state index is 11.9. The standard InChI is InChI=1S/C12H14BrClN2O2/c13-8-1-2-10(14)11(5-8)16-12(17)6-9-7-15-3-4-18-9/h1-2,5,9,15H,3-4,6-7H2,(H,16,17). The van der Waals surface area contributed by atoms with Crippen molar-refractivity contribution in [2.45, 2.75) is 12.5 Å². The van der Waals surface area contributed by atoms with E-state index in [2.05, 4.69) is 26.6 Å². The third-order valence-electron chi connectivity index (χ3n) is 2.62. The van der Waals surface area contributed by atoms with Crippen LogP contribution < -0.4 is 10.6 Å². The van der Waals surface area contributed by atoms with Crippen LogP contribution in [-0.2, 0) is 9.53 Å². The van der Waals surface area contributed by atoms with E-state index in [0.29, 0.717) is 30.3 Å². The van der Waals surface area contributed by atoms with E-state index in [1.807, 2.05) is 6.07 Å². The molecule has 0 aromatic heterocycles. The zero-order chi connectivity index (χ0) is 13.0. The molecule has 0 radical (unpaired) electrons. The minimum absolute atomic E-state index is 0.0651. The minimum Gasteiger partial charge on any atom is -0.375 e. The molecule has 4 nitrogen and oxygen atoms in total. The second kappa shape index (κ2) is 6.52. The lowest BCUT2D eigenvalue weighted by Crippen LogP contribution is -2.40. The van der Waals surface area contributed by atoms with Gasteiger partial charge in [-0.15, -0.1) is 0 Å². The van der Waals surface area contributed by atoms with Crippen LogP contribution in [0, 0.1) is 0 Å². The van der Waals surface area contributed by atoms with Crippen molar-refractivity contribution >= 4 is 39.1 Å². The number of morpholine rings is 1. The van der Waals surface area contributed by atoms with Gasteiger partial charge in [0.15, 0.2) is 0 Å². The number of hydrogen-bond donors (Lipinski definition) is 2. The van der Waals surface area contributed by atoms with Crippen molar-refractivity contribution in [3.63, 3.8) is 0 Å². The zero-order valence-electron chi connectivity index (χ0n) is 9.71. The van der Waals surface area contributed by atoms with Crippen LogP contribution in [0.3, 0.4) is 0 Å². The van der Waals surface area contributed by atoms with Gasteiger partial charge in [-0.3, -0.25) is 4.79 Å². The smallest absolute Gasteiger partial charge is 0.227 e. The predicted molar refractivity (Wildman–Crippen MR) is 75.0 cm³/mol. The summed E-state index contributed by atoms with van der Waals surface area (Å²) >= 11 is 9.34. The molecule has 0 aliphatic carbocycles. The molecular weight excluding hydrogens is 320 g/mol. The average Bonchev–Trinajstić information content (AvgIpc) is 2.35. The van der Waals surface area contributed by atoms with Crippen LogP contribution in [0.5, 0.6) is 0 Å². The normalized spacial score (nSPS) is 19.6. The largest absolute Gasteiger partial charge is 0.375 e. The van der Waals surface area contributed by atoms with Crippen LogP contribution in [0.25, 0.3) is 0 Å². The van der Waals surface area contributed by atoms with Gasteiger partial charge >= 0.3 is 0 Å². The summed E-state index contributed by atoms with van der Waals surface area (Å²) in [6, 6.07) is 5.34. The van der Waals surface area contributed by atoms with Crippen molar-refractivity contribution in [3.05, 3.63) is 27.7 Å². The van der Waals surface area contributed by atoms with Crippen LogP contribution in [0.4, 0.5) is 5.69 Å². The maximum atomic E-state index is 11.9. The second-order valence-electron chi connectivity index (χ2n) is 4.07. The number of halogens is 2. The highest BCUT2D eigenvalue weighted by Crippen LogP contribution is 2.25. The summed E-state index contributed by atoms with van der Waals surface area (Å²) in [5.74, 6) is -0.0938.